The molecule has 1 nitrogen and oxygen atoms in total. The van der Waals surface area contributed by atoms with E-state index < -0.39 is 0 Å². The summed E-state index contributed by atoms with van der Waals surface area (Å²) in [6.45, 7) is 9.73. The van der Waals surface area contributed by atoms with Gasteiger partial charge in [-0.3, -0.25) is 0 Å². The second-order valence-electron chi connectivity index (χ2n) is 4.34. The molecule has 2 aromatic heterocycles. The van der Waals surface area contributed by atoms with Gasteiger partial charge in [-0.05, 0) is 51.1 Å². The van der Waals surface area contributed by atoms with Crippen LogP contribution < -0.4 is 5.32 Å². The average molecular weight is 265 g/mol. The van der Waals surface area contributed by atoms with E-state index in [-0.39, 0.29) is 0 Å². The van der Waals surface area contributed by atoms with Gasteiger partial charge in [0.2, 0.25) is 0 Å². The molecule has 92 valence electrons. The van der Waals surface area contributed by atoms with Crippen molar-refractivity contribution < 1.29 is 0 Å². The summed E-state index contributed by atoms with van der Waals surface area (Å²) in [6.07, 6.45) is 0. The third kappa shape index (κ3) is 2.79. The van der Waals surface area contributed by atoms with Gasteiger partial charge in [0, 0.05) is 19.5 Å². The maximum absolute atomic E-state index is 3.60. The van der Waals surface area contributed by atoms with Crippen LogP contribution in [0.4, 0.5) is 0 Å². The Bertz CT molecular complexity index is 496. The zero-order valence-electron chi connectivity index (χ0n) is 10.8. The highest BCUT2D eigenvalue weighted by Gasteiger charge is 2.18. The van der Waals surface area contributed by atoms with E-state index in [0.29, 0.717) is 6.04 Å². The van der Waals surface area contributed by atoms with Crippen molar-refractivity contribution in [3.05, 3.63) is 43.3 Å². The van der Waals surface area contributed by atoms with Crippen molar-refractivity contribution in [1.29, 1.82) is 0 Å². The largest absolute Gasteiger partial charge is 0.305 e. The normalized spacial score (nSPS) is 12.9. The fourth-order valence-corrected chi connectivity index (χ4v) is 4.25. The summed E-state index contributed by atoms with van der Waals surface area (Å²) in [5.41, 5.74) is 1.41. The zero-order valence-corrected chi connectivity index (χ0v) is 12.5. The highest BCUT2D eigenvalue weighted by Crippen LogP contribution is 2.34. The molecule has 2 aromatic rings. The van der Waals surface area contributed by atoms with Crippen LogP contribution in [0.5, 0.6) is 0 Å². The molecule has 3 heteroatoms. The summed E-state index contributed by atoms with van der Waals surface area (Å²) >= 11 is 3.80. The fraction of sp³-hybridized carbons (Fsp3) is 0.429. The van der Waals surface area contributed by atoms with Crippen LogP contribution in [0, 0.1) is 20.8 Å². The number of rotatable bonds is 4. The van der Waals surface area contributed by atoms with Crippen molar-refractivity contribution in [2.75, 3.05) is 6.54 Å². The second-order valence-corrected chi connectivity index (χ2v) is 6.95. The van der Waals surface area contributed by atoms with Gasteiger partial charge in [0.15, 0.2) is 0 Å². The van der Waals surface area contributed by atoms with Gasteiger partial charge >= 0.3 is 0 Å². The molecule has 0 radical (unpaired) electrons. The first kappa shape index (κ1) is 12.8. The molecule has 0 bridgehead atoms. The van der Waals surface area contributed by atoms with Crippen molar-refractivity contribution in [2.24, 2.45) is 0 Å². The molecule has 0 saturated heterocycles. The number of aryl methyl sites for hydroxylation is 3. The molecule has 0 fully saturated rings. The molecule has 0 aliphatic carbocycles. The SMILES string of the molecule is CCNC(c1ccc(C)s1)c1sc(C)cc1C. The minimum absolute atomic E-state index is 0.373. The first-order valence-corrected chi connectivity index (χ1v) is 7.61. The monoisotopic (exact) mass is 265 g/mol. The molecule has 1 N–H and O–H groups in total. The van der Waals surface area contributed by atoms with Crippen molar-refractivity contribution >= 4 is 22.7 Å². The van der Waals surface area contributed by atoms with E-state index in [2.05, 4.69) is 51.2 Å². The highest BCUT2D eigenvalue weighted by molar-refractivity contribution is 7.13. The van der Waals surface area contributed by atoms with E-state index in [0.717, 1.165) is 6.54 Å². The lowest BCUT2D eigenvalue weighted by atomic mass is 10.1. The van der Waals surface area contributed by atoms with E-state index in [4.69, 9.17) is 0 Å². The van der Waals surface area contributed by atoms with Gasteiger partial charge < -0.3 is 5.32 Å². The smallest absolute Gasteiger partial charge is 0.0767 e. The summed E-state index contributed by atoms with van der Waals surface area (Å²) in [5, 5.41) is 3.60. The van der Waals surface area contributed by atoms with Crippen molar-refractivity contribution in [3.63, 3.8) is 0 Å². The summed E-state index contributed by atoms with van der Waals surface area (Å²) < 4.78 is 0. The Labute approximate surface area is 112 Å². The third-order valence-corrected chi connectivity index (χ3v) is 5.08. The third-order valence-electron chi connectivity index (χ3n) is 2.80. The first-order valence-electron chi connectivity index (χ1n) is 5.98. The Kier molecular flexibility index (Phi) is 4.02. The minimum atomic E-state index is 0.373. The first-order chi connectivity index (χ1) is 8.11. The van der Waals surface area contributed by atoms with Crippen LogP contribution in [0.3, 0.4) is 0 Å². The molecule has 1 atom stereocenters. The maximum Gasteiger partial charge on any atom is 0.0767 e. The number of hydrogen-bond acceptors (Lipinski definition) is 3. The van der Waals surface area contributed by atoms with Crippen molar-refractivity contribution in [3.8, 4) is 0 Å². The second kappa shape index (κ2) is 5.34. The van der Waals surface area contributed by atoms with Crippen molar-refractivity contribution in [1.82, 2.24) is 5.32 Å². The van der Waals surface area contributed by atoms with E-state index in [1.807, 2.05) is 22.7 Å². The predicted molar refractivity (Wildman–Crippen MR) is 78.4 cm³/mol. The average Bonchev–Trinajstić information content (AvgIpc) is 2.82. The molecule has 2 heterocycles. The van der Waals surface area contributed by atoms with Crippen LogP contribution in [0.25, 0.3) is 0 Å². The van der Waals surface area contributed by atoms with Crippen LogP contribution >= 0.6 is 22.7 Å². The van der Waals surface area contributed by atoms with Crippen LogP contribution in [-0.4, -0.2) is 6.54 Å². The highest BCUT2D eigenvalue weighted by atomic mass is 32.1. The summed E-state index contributed by atoms with van der Waals surface area (Å²) in [5.74, 6) is 0. The summed E-state index contributed by atoms with van der Waals surface area (Å²) in [6, 6.07) is 7.12. The van der Waals surface area contributed by atoms with Crippen molar-refractivity contribution in [2.45, 2.75) is 33.7 Å². The maximum atomic E-state index is 3.60. The summed E-state index contributed by atoms with van der Waals surface area (Å²) in [4.78, 5) is 5.67. The lowest BCUT2D eigenvalue weighted by molar-refractivity contribution is 0.646. The molecular formula is C14H19NS2. The Balaban J connectivity index is 2.38. The zero-order chi connectivity index (χ0) is 12.4. The molecule has 2 rings (SSSR count). The van der Waals surface area contributed by atoms with Gasteiger partial charge in [0.25, 0.3) is 0 Å². The standard InChI is InChI=1S/C14H19NS2/c1-5-15-13(12-7-6-10(3)16-12)14-9(2)8-11(4)17-14/h6-8,13,15H,5H2,1-4H3. The van der Waals surface area contributed by atoms with Gasteiger partial charge in [-0.2, -0.15) is 0 Å². The number of hydrogen-bond donors (Lipinski definition) is 1. The Morgan fingerprint density at radius 2 is 1.88 bits per heavy atom. The molecule has 0 aromatic carbocycles. The number of nitrogens with one attached hydrogen (secondary N) is 1. The Morgan fingerprint density at radius 1 is 1.12 bits per heavy atom. The fourth-order valence-electron chi connectivity index (χ4n) is 2.08. The molecule has 0 spiro atoms. The van der Waals surface area contributed by atoms with Gasteiger partial charge in [0.05, 0.1) is 6.04 Å². The molecule has 0 amide bonds. The van der Waals surface area contributed by atoms with Crippen LogP contribution in [0.1, 0.15) is 38.0 Å². The Hall–Kier alpha value is -0.640. The van der Waals surface area contributed by atoms with E-state index >= 15 is 0 Å². The Morgan fingerprint density at radius 3 is 2.35 bits per heavy atom. The summed E-state index contributed by atoms with van der Waals surface area (Å²) in [7, 11) is 0. The topological polar surface area (TPSA) is 12.0 Å². The van der Waals surface area contributed by atoms with Crippen LogP contribution in [0.15, 0.2) is 18.2 Å². The lowest BCUT2D eigenvalue weighted by Crippen LogP contribution is -2.20. The van der Waals surface area contributed by atoms with Crippen LogP contribution in [0.2, 0.25) is 0 Å². The lowest BCUT2D eigenvalue weighted by Gasteiger charge is -2.16. The predicted octanol–water partition coefficient (Wildman–Crippen LogP) is 4.43. The van der Waals surface area contributed by atoms with Crippen LogP contribution in [-0.2, 0) is 0 Å². The van der Waals surface area contributed by atoms with Gasteiger partial charge in [-0.25, -0.2) is 0 Å². The van der Waals surface area contributed by atoms with E-state index in [1.165, 1.54) is 25.1 Å². The van der Waals surface area contributed by atoms with Gasteiger partial charge in [-0.1, -0.05) is 6.92 Å². The molecule has 0 saturated carbocycles. The molecular weight excluding hydrogens is 246 g/mol. The van der Waals surface area contributed by atoms with Gasteiger partial charge in [-0.15, -0.1) is 22.7 Å². The molecule has 1 unspecified atom stereocenters. The van der Waals surface area contributed by atoms with E-state index in [9.17, 15) is 0 Å². The quantitative estimate of drug-likeness (QED) is 0.862. The molecule has 0 aliphatic rings. The van der Waals surface area contributed by atoms with E-state index in [1.54, 1.807) is 0 Å². The molecule has 17 heavy (non-hydrogen) atoms. The number of thiophene rings is 2. The molecule has 0 aliphatic heterocycles. The van der Waals surface area contributed by atoms with Gasteiger partial charge in [0.1, 0.15) is 0 Å². The minimum Gasteiger partial charge on any atom is -0.305 e.